The average Bonchev–Trinajstić information content (AvgIpc) is 2.29. The van der Waals surface area contributed by atoms with Crippen LogP contribution in [0.5, 0.6) is 0 Å². The molecular weight excluding hydrogens is 221 g/mol. The van der Waals surface area contributed by atoms with Gasteiger partial charge in [0.1, 0.15) is 5.82 Å². The molecule has 1 nitrogen and oxygen atoms in total. The molecule has 1 aromatic rings. The molecule has 0 fully saturated rings. The summed E-state index contributed by atoms with van der Waals surface area (Å²) in [5.41, 5.74) is 0.980. The third-order valence-electron chi connectivity index (χ3n) is 2.64. The summed E-state index contributed by atoms with van der Waals surface area (Å²) in [7, 11) is 0. The van der Waals surface area contributed by atoms with Gasteiger partial charge in [0.25, 0.3) is 0 Å². The van der Waals surface area contributed by atoms with E-state index in [9.17, 15) is 4.39 Å². The topological polar surface area (TPSA) is 3.24 Å². The second-order valence-corrected chi connectivity index (χ2v) is 4.29. The van der Waals surface area contributed by atoms with Crippen molar-refractivity contribution in [3.63, 3.8) is 0 Å². The predicted molar refractivity (Wildman–Crippen MR) is 72.0 cm³/mol. The number of hydrogen-bond donors (Lipinski definition) is 1. The van der Waals surface area contributed by atoms with Crippen molar-refractivity contribution in [1.82, 2.24) is 0 Å². The zero-order valence-electron chi connectivity index (χ0n) is 9.82. The maximum atomic E-state index is 13.1. The monoisotopic (exact) mass is 241 g/mol. The van der Waals surface area contributed by atoms with E-state index in [0.717, 1.165) is 37.4 Å². The molecule has 0 N–H and O–H groups in total. The molecule has 0 amide bonds. The number of thiol groups is 1. The summed E-state index contributed by atoms with van der Waals surface area (Å²) >= 11 is 4.19. The molecule has 16 heavy (non-hydrogen) atoms. The Bertz CT molecular complexity index is 304. The molecule has 0 spiro atoms. The van der Waals surface area contributed by atoms with Crippen molar-refractivity contribution in [1.29, 1.82) is 0 Å². The fraction of sp³-hybridized carbons (Fsp3) is 0.538. The van der Waals surface area contributed by atoms with E-state index in [1.54, 1.807) is 12.1 Å². The lowest BCUT2D eigenvalue weighted by molar-refractivity contribution is 0.625. The fourth-order valence-electron chi connectivity index (χ4n) is 1.73. The van der Waals surface area contributed by atoms with Crippen molar-refractivity contribution in [2.45, 2.75) is 26.2 Å². The largest absolute Gasteiger partial charge is 0.372 e. The zero-order chi connectivity index (χ0) is 11.8. The summed E-state index contributed by atoms with van der Waals surface area (Å²) in [6.45, 7) is 4.02. The Kier molecular flexibility index (Phi) is 6.31. The highest BCUT2D eigenvalue weighted by Crippen LogP contribution is 2.16. The zero-order valence-corrected chi connectivity index (χ0v) is 10.7. The van der Waals surface area contributed by atoms with Crippen LogP contribution in [0.3, 0.4) is 0 Å². The lowest BCUT2D eigenvalue weighted by Gasteiger charge is -2.23. The van der Waals surface area contributed by atoms with E-state index < -0.39 is 0 Å². The van der Waals surface area contributed by atoms with Crippen LogP contribution in [-0.2, 0) is 0 Å². The van der Waals surface area contributed by atoms with Crippen LogP contribution in [0.2, 0.25) is 0 Å². The summed E-state index contributed by atoms with van der Waals surface area (Å²) in [6, 6.07) is 6.81. The van der Waals surface area contributed by atoms with Gasteiger partial charge in [0.15, 0.2) is 0 Å². The molecule has 0 aliphatic carbocycles. The molecule has 0 bridgehead atoms. The van der Waals surface area contributed by atoms with Crippen LogP contribution in [0.1, 0.15) is 26.2 Å². The van der Waals surface area contributed by atoms with E-state index in [0.29, 0.717) is 0 Å². The van der Waals surface area contributed by atoms with Gasteiger partial charge in [-0.05, 0) is 43.7 Å². The number of unbranched alkanes of at least 4 members (excludes halogenated alkanes) is 2. The molecular formula is C13H20FNS. The third kappa shape index (κ3) is 4.44. The van der Waals surface area contributed by atoms with Gasteiger partial charge in [-0.15, -0.1) is 0 Å². The molecule has 0 saturated carbocycles. The maximum absolute atomic E-state index is 13.1. The van der Waals surface area contributed by atoms with Gasteiger partial charge in [0, 0.05) is 18.8 Å². The van der Waals surface area contributed by atoms with Gasteiger partial charge in [0.05, 0.1) is 0 Å². The summed E-state index contributed by atoms with van der Waals surface area (Å²) in [4.78, 5) is 2.21. The molecule has 1 aromatic carbocycles. The highest BCUT2D eigenvalue weighted by atomic mass is 32.1. The quantitative estimate of drug-likeness (QED) is 0.562. The van der Waals surface area contributed by atoms with Crippen molar-refractivity contribution in [3.05, 3.63) is 30.1 Å². The molecule has 0 heterocycles. The summed E-state index contributed by atoms with van der Waals surface area (Å²) in [5, 5.41) is 0. The summed E-state index contributed by atoms with van der Waals surface area (Å²) in [6.07, 6.45) is 3.49. The number of anilines is 1. The molecule has 90 valence electrons. The molecule has 0 aliphatic heterocycles. The first-order chi connectivity index (χ1) is 7.77. The lowest BCUT2D eigenvalue weighted by atomic mass is 10.2. The van der Waals surface area contributed by atoms with Crippen LogP contribution in [0.4, 0.5) is 10.1 Å². The van der Waals surface area contributed by atoms with Crippen molar-refractivity contribution >= 4 is 18.3 Å². The summed E-state index contributed by atoms with van der Waals surface area (Å²) in [5.74, 6) is 0.790. The Morgan fingerprint density at radius 1 is 1.25 bits per heavy atom. The van der Waals surface area contributed by atoms with Crippen LogP contribution < -0.4 is 4.90 Å². The fourth-order valence-corrected chi connectivity index (χ4v) is 1.96. The second-order valence-electron chi connectivity index (χ2n) is 3.84. The molecule has 0 saturated heterocycles. The van der Waals surface area contributed by atoms with Gasteiger partial charge in [-0.2, -0.15) is 12.6 Å². The van der Waals surface area contributed by atoms with E-state index in [2.05, 4.69) is 24.5 Å². The number of nitrogens with zero attached hydrogens (tertiary/aromatic N) is 1. The van der Waals surface area contributed by atoms with Crippen molar-refractivity contribution in [3.8, 4) is 0 Å². The molecule has 0 radical (unpaired) electrons. The number of halogens is 1. The number of rotatable bonds is 7. The first-order valence-electron chi connectivity index (χ1n) is 5.89. The van der Waals surface area contributed by atoms with Crippen LogP contribution >= 0.6 is 12.6 Å². The molecule has 0 aromatic heterocycles. The van der Waals surface area contributed by atoms with Crippen molar-refractivity contribution < 1.29 is 4.39 Å². The van der Waals surface area contributed by atoms with Crippen LogP contribution in [0.25, 0.3) is 0 Å². The van der Waals surface area contributed by atoms with Crippen molar-refractivity contribution in [2.75, 3.05) is 23.7 Å². The minimum absolute atomic E-state index is 0.161. The van der Waals surface area contributed by atoms with Gasteiger partial charge >= 0.3 is 0 Å². The van der Waals surface area contributed by atoms with Gasteiger partial charge in [-0.1, -0.05) is 12.5 Å². The average molecular weight is 241 g/mol. The Balaban J connectivity index is 2.47. The first-order valence-corrected chi connectivity index (χ1v) is 6.52. The number of hydrogen-bond acceptors (Lipinski definition) is 2. The Morgan fingerprint density at radius 2 is 2.06 bits per heavy atom. The minimum atomic E-state index is -0.161. The maximum Gasteiger partial charge on any atom is 0.125 e. The summed E-state index contributed by atoms with van der Waals surface area (Å²) < 4.78 is 13.1. The second kappa shape index (κ2) is 7.55. The minimum Gasteiger partial charge on any atom is -0.372 e. The lowest BCUT2D eigenvalue weighted by Crippen LogP contribution is -2.23. The van der Waals surface area contributed by atoms with Gasteiger partial charge < -0.3 is 4.90 Å². The van der Waals surface area contributed by atoms with Crippen LogP contribution in [0, 0.1) is 5.82 Å². The Morgan fingerprint density at radius 3 is 2.69 bits per heavy atom. The van der Waals surface area contributed by atoms with E-state index in [1.807, 2.05) is 6.07 Å². The smallest absolute Gasteiger partial charge is 0.125 e. The highest BCUT2D eigenvalue weighted by Gasteiger charge is 2.04. The van der Waals surface area contributed by atoms with E-state index in [4.69, 9.17) is 0 Å². The standard InChI is InChI=1S/C13H20FNS/c1-2-15(9-4-3-5-10-16)13-8-6-7-12(14)11-13/h6-8,11,16H,2-5,9-10H2,1H3. The van der Waals surface area contributed by atoms with Gasteiger partial charge in [-0.3, -0.25) is 0 Å². The molecule has 3 heteroatoms. The van der Waals surface area contributed by atoms with Crippen molar-refractivity contribution in [2.24, 2.45) is 0 Å². The van der Waals surface area contributed by atoms with Crippen LogP contribution in [-0.4, -0.2) is 18.8 Å². The SMILES string of the molecule is CCN(CCCCCS)c1cccc(F)c1. The Hall–Kier alpha value is -0.700. The van der Waals surface area contributed by atoms with E-state index in [1.165, 1.54) is 12.5 Å². The normalized spacial score (nSPS) is 10.4. The Labute approximate surface area is 103 Å². The molecule has 0 atom stereocenters. The van der Waals surface area contributed by atoms with Gasteiger partial charge in [0.2, 0.25) is 0 Å². The highest BCUT2D eigenvalue weighted by molar-refractivity contribution is 7.80. The number of benzene rings is 1. The molecule has 0 aliphatic rings. The first kappa shape index (κ1) is 13.4. The van der Waals surface area contributed by atoms with Crippen LogP contribution in [0.15, 0.2) is 24.3 Å². The predicted octanol–water partition coefficient (Wildman–Crippen LogP) is 3.75. The molecule has 0 unspecified atom stereocenters. The third-order valence-corrected chi connectivity index (χ3v) is 2.96. The van der Waals surface area contributed by atoms with E-state index >= 15 is 0 Å². The molecule has 1 rings (SSSR count). The van der Waals surface area contributed by atoms with Gasteiger partial charge in [-0.25, -0.2) is 4.39 Å². The van der Waals surface area contributed by atoms with E-state index in [-0.39, 0.29) is 5.82 Å².